The Hall–Kier alpha value is -1.09. The number of hydrogen-bond donors (Lipinski definition) is 2. The van der Waals surface area contributed by atoms with Gasteiger partial charge in [0.05, 0.1) is 0 Å². The van der Waals surface area contributed by atoms with Gasteiger partial charge in [-0.3, -0.25) is 0 Å². The summed E-state index contributed by atoms with van der Waals surface area (Å²) in [6.07, 6.45) is 5.63. The van der Waals surface area contributed by atoms with E-state index in [0.29, 0.717) is 10.4 Å². The molecule has 3 N–H and O–H groups in total. The van der Waals surface area contributed by atoms with Crippen molar-refractivity contribution in [3.8, 4) is 0 Å². The molecule has 3 rings (SSSR count). The van der Waals surface area contributed by atoms with Crippen molar-refractivity contribution in [2.45, 2.75) is 32.6 Å². The molecule has 0 aromatic heterocycles. The highest BCUT2D eigenvalue weighted by molar-refractivity contribution is 7.80. The van der Waals surface area contributed by atoms with E-state index in [1.807, 2.05) is 0 Å². The zero-order valence-electron chi connectivity index (χ0n) is 10.8. The van der Waals surface area contributed by atoms with E-state index in [1.54, 1.807) is 0 Å². The summed E-state index contributed by atoms with van der Waals surface area (Å²) in [4.78, 5) is 0.484. The largest absolute Gasteiger partial charge is 0.389 e. The Kier molecular flexibility index (Phi) is 2.81. The minimum atomic E-state index is 0.484. The topological polar surface area (TPSA) is 38.0 Å². The van der Waals surface area contributed by atoms with Crippen molar-refractivity contribution >= 4 is 22.9 Å². The van der Waals surface area contributed by atoms with Crippen LogP contribution in [0.25, 0.3) is 0 Å². The van der Waals surface area contributed by atoms with Crippen LogP contribution in [0.2, 0.25) is 0 Å². The predicted octanol–water partition coefficient (Wildman–Crippen LogP) is 3.23. The summed E-state index contributed by atoms with van der Waals surface area (Å²) in [5.41, 5.74) is 9.68. The van der Waals surface area contributed by atoms with E-state index >= 15 is 0 Å². The van der Waals surface area contributed by atoms with Gasteiger partial charge in [0.2, 0.25) is 0 Å². The maximum Gasteiger partial charge on any atom is 0.106 e. The van der Waals surface area contributed by atoms with E-state index in [9.17, 15) is 0 Å². The van der Waals surface area contributed by atoms with Crippen molar-refractivity contribution < 1.29 is 0 Å². The summed E-state index contributed by atoms with van der Waals surface area (Å²) in [6.45, 7) is 3.15. The molecule has 0 saturated heterocycles. The third-order valence-electron chi connectivity index (χ3n) is 4.41. The van der Waals surface area contributed by atoms with Crippen molar-refractivity contribution in [3.05, 3.63) is 29.3 Å². The molecule has 0 unspecified atom stereocenters. The molecule has 2 fully saturated rings. The van der Waals surface area contributed by atoms with Crippen molar-refractivity contribution in [2.75, 3.05) is 11.9 Å². The fraction of sp³-hybridized carbons (Fsp3) is 0.533. The first-order valence-corrected chi connectivity index (χ1v) is 7.16. The molecule has 18 heavy (non-hydrogen) atoms. The molecule has 1 aromatic rings. The SMILES string of the molecule is Cc1ccc(NCC2(C3CC3)CC2)c(C(N)=S)c1. The Labute approximate surface area is 114 Å². The predicted molar refractivity (Wildman–Crippen MR) is 79.9 cm³/mol. The van der Waals surface area contributed by atoms with Gasteiger partial charge < -0.3 is 11.1 Å². The highest BCUT2D eigenvalue weighted by atomic mass is 32.1. The Bertz CT molecular complexity index is 487. The Balaban J connectivity index is 1.74. The molecule has 1 aromatic carbocycles. The van der Waals surface area contributed by atoms with Gasteiger partial charge in [-0.05, 0) is 56.1 Å². The van der Waals surface area contributed by atoms with Crippen LogP contribution in [-0.2, 0) is 0 Å². The van der Waals surface area contributed by atoms with Gasteiger partial charge >= 0.3 is 0 Å². The summed E-state index contributed by atoms with van der Waals surface area (Å²) in [5, 5.41) is 3.58. The molecule has 0 heterocycles. The molecule has 2 aliphatic rings. The van der Waals surface area contributed by atoms with E-state index in [0.717, 1.165) is 23.7 Å². The van der Waals surface area contributed by atoms with Gasteiger partial charge in [-0.1, -0.05) is 23.8 Å². The van der Waals surface area contributed by atoms with Crippen LogP contribution in [0, 0.1) is 18.3 Å². The number of aryl methyl sites for hydroxylation is 1. The number of anilines is 1. The quantitative estimate of drug-likeness (QED) is 0.798. The van der Waals surface area contributed by atoms with Gasteiger partial charge in [-0.15, -0.1) is 0 Å². The van der Waals surface area contributed by atoms with Crippen LogP contribution in [0.5, 0.6) is 0 Å². The number of nitrogens with two attached hydrogens (primary N) is 1. The average Bonchev–Trinajstić information content (AvgIpc) is 3.19. The summed E-state index contributed by atoms with van der Waals surface area (Å²) in [5.74, 6) is 0.976. The third-order valence-corrected chi connectivity index (χ3v) is 4.63. The molecular formula is C15H20N2S. The van der Waals surface area contributed by atoms with Crippen LogP contribution in [0.15, 0.2) is 18.2 Å². The second-order valence-electron chi connectivity index (χ2n) is 5.90. The molecule has 0 spiro atoms. The first kappa shape index (κ1) is 12.0. The molecule has 3 heteroatoms. The van der Waals surface area contributed by atoms with Gasteiger partial charge in [0.15, 0.2) is 0 Å². The van der Waals surface area contributed by atoms with E-state index in [-0.39, 0.29) is 0 Å². The lowest BCUT2D eigenvalue weighted by atomic mass is 10.00. The summed E-state index contributed by atoms with van der Waals surface area (Å²) in [6, 6.07) is 6.29. The van der Waals surface area contributed by atoms with E-state index in [2.05, 4.69) is 30.4 Å². The van der Waals surface area contributed by atoms with Crippen LogP contribution in [0.4, 0.5) is 5.69 Å². The first-order chi connectivity index (χ1) is 8.61. The molecule has 0 amide bonds. The van der Waals surface area contributed by atoms with Gasteiger partial charge in [0, 0.05) is 17.8 Å². The molecule has 96 valence electrons. The van der Waals surface area contributed by atoms with Gasteiger partial charge in [0.25, 0.3) is 0 Å². The second kappa shape index (κ2) is 4.23. The normalized spacial score (nSPS) is 20.5. The van der Waals surface area contributed by atoms with E-state index < -0.39 is 0 Å². The van der Waals surface area contributed by atoms with Crippen LogP contribution < -0.4 is 11.1 Å². The summed E-state index contributed by atoms with van der Waals surface area (Å²) >= 11 is 5.13. The molecule has 0 atom stereocenters. The highest BCUT2D eigenvalue weighted by Crippen LogP contribution is 2.61. The highest BCUT2D eigenvalue weighted by Gasteiger charge is 2.53. The molecular weight excluding hydrogens is 240 g/mol. The number of thiocarbonyl (C=S) groups is 1. The molecule has 0 aliphatic heterocycles. The minimum Gasteiger partial charge on any atom is -0.389 e. The van der Waals surface area contributed by atoms with Gasteiger partial charge in [-0.2, -0.15) is 0 Å². The maximum absolute atomic E-state index is 5.80. The number of benzene rings is 1. The van der Waals surface area contributed by atoms with Crippen LogP contribution in [-0.4, -0.2) is 11.5 Å². The zero-order valence-corrected chi connectivity index (χ0v) is 11.6. The van der Waals surface area contributed by atoms with Crippen LogP contribution in [0.1, 0.15) is 36.8 Å². The summed E-state index contributed by atoms with van der Waals surface area (Å²) in [7, 11) is 0. The van der Waals surface area contributed by atoms with Crippen LogP contribution in [0.3, 0.4) is 0 Å². The lowest BCUT2D eigenvalue weighted by Gasteiger charge is -2.18. The molecule has 2 aliphatic carbocycles. The standard InChI is InChI=1S/C15H20N2S/c1-10-2-5-13(12(8-10)14(16)18)17-9-15(6-7-15)11-3-4-11/h2,5,8,11,17H,3-4,6-7,9H2,1H3,(H2,16,18). The van der Waals surface area contributed by atoms with Gasteiger partial charge in [0.1, 0.15) is 4.99 Å². The van der Waals surface area contributed by atoms with Crippen LogP contribution >= 0.6 is 12.2 Å². The lowest BCUT2D eigenvalue weighted by Crippen LogP contribution is -2.20. The third kappa shape index (κ3) is 2.24. The smallest absolute Gasteiger partial charge is 0.106 e. The minimum absolute atomic E-state index is 0.484. The number of nitrogens with one attached hydrogen (secondary N) is 1. The van der Waals surface area contributed by atoms with E-state index in [4.69, 9.17) is 18.0 Å². The first-order valence-electron chi connectivity index (χ1n) is 6.75. The molecule has 2 saturated carbocycles. The molecule has 0 radical (unpaired) electrons. The lowest BCUT2D eigenvalue weighted by molar-refractivity contribution is 0.467. The monoisotopic (exact) mass is 260 g/mol. The van der Waals surface area contributed by atoms with Crippen molar-refractivity contribution in [3.63, 3.8) is 0 Å². The number of hydrogen-bond acceptors (Lipinski definition) is 2. The second-order valence-corrected chi connectivity index (χ2v) is 6.34. The number of rotatable bonds is 5. The fourth-order valence-corrected chi connectivity index (χ4v) is 3.04. The average molecular weight is 260 g/mol. The van der Waals surface area contributed by atoms with Gasteiger partial charge in [-0.25, -0.2) is 0 Å². The Morgan fingerprint density at radius 2 is 2.17 bits per heavy atom. The van der Waals surface area contributed by atoms with Crippen molar-refractivity contribution in [1.29, 1.82) is 0 Å². The molecule has 0 bridgehead atoms. The maximum atomic E-state index is 5.80. The fourth-order valence-electron chi connectivity index (χ4n) is 2.87. The summed E-state index contributed by atoms with van der Waals surface area (Å²) < 4.78 is 0. The zero-order chi connectivity index (χ0) is 12.8. The Morgan fingerprint density at radius 3 is 2.72 bits per heavy atom. The van der Waals surface area contributed by atoms with Crippen molar-refractivity contribution in [1.82, 2.24) is 0 Å². The Morgan fingerprint density at radius 1 is 1.44 bits per heavy atom. The van der Waals surface area contributed by atoms with E-state index in [1.165, 1.54) is 31.2 Å². The molecule has 2 nitrogen and oxygen atoms in total. The van der Waals surface area contributed by atoms with Crippen molar-refractivity contribution in [2.24, 2.45) is 17.1 Å².